The van der Waals surface area contributed by atoms with Gasteiger partial charge in [0.2, 0.25) is 5.95 Å². The van der Waals surface area contributed by atoms with Crippen molar-refractivity contribution in [2.45, 2.75) is 33.1 Å². The highest BCUT2D eigenvalue weighted by molar-refractivity contribution is 6.32. The van der Waals surface area contributed by atoms with Gasteiger partial charge in [0.25, 0.3) is 0 Å². The second-order valence-corrected chi connectivity index (χ2v) is 6.03. The standard InChI is InChI=1S/C13H21ClN4/c1-13(2)5-4-7-18(8-6-13)11-10(14)9-16-12(15-3)17-11/h9H,4-8H2,1-3H3,(H,15,16,17). The smallest absolute Gasteiger partial charge is 0.224 e. The van der Waals surface area contributed by atoms with Crippen molar-refractivity contribution in [3.8, 4) is 0 Å². The maximum absolute atomic E-state index is 6.22. The molecular formula is C13H21ClN4. The number of anilines is 2. The molecule has 1 saturated heterocycles. The molecule has 5 heteroatoms. The van der Waals surface area contributed by atoms with E-state index in [9.17, 15) is 0 Å². The zero-order valence-corrected chi connectivity index (χ0v) is 12.1. The summed E-state index contributed by atoms with van der Waals surface area (Å²) in [6.45, 7) is 6.68. The molecule has 0 saturated carbocycles. The Bertz CT molecular complexity index is 419. The van der Waals surface area contributed by atoms with Gasteiger partial charge in [-0.05, 0) is 24.7 Å². The number of halogens is 1. The van der Waals surface area contributed by atoms with E-state index in [-0.39, 0.29) is 0 Å². The van der Waals surface area contributed by atoms with Crippen LogP contribution in [-0.2, 0) is 0 Å². The summed E-state index contributed by atoms with van der Waals surface area (Å²) in [5, 5.41) is 3.59. The van der Waals surface area contributed by atoms with Crippen molar-refractivity contribution >= 4 is 23.4 Å². The quantitative estimate of drug-likeness (QED) is 0.894. The lowest BCUT2D eigenvalue weighted by Crippen LogP contribution is -2.26. The molecule has 1 aromatic rings. The summed E-state index contributed by atoms with van der Waals surface area (Å²) >= 11 is 6.22. The van der Waals surface area contributed by atoms with Crippen LogP contribution in [0.5, 0.6) is 0 Å². The molecular weight excluding hydrogens is 248 g/mol. The summed E-state index contributed by atoms with van der Waals surface area (Å²) in [4.78, 5) is 10.9. The van der Waals surface area contributed by atoms with E-state index in [4.69, 9.17) is 11.6 Å². The van der Waals surface area contributed by atoms with Gasteiger partial charge in [-0.25, -0.2) is 4.98 Å². The molecule has 0 atom stereocenters. The van der Waals surface area contributed by atoms with Crippen LogP contribution in [0.3, 0.4) is 0 Å². The molecule has 2 heterocycles. The summed E-state index contributed by atoms with van der Waals surface area (Å²) < 4.78 is 0. The minimum Gasteiger partial charge on any atom is -0.357 e. The van der Waals surface area contributed by atoms with E-state index in [1.807, 2.05) is 7.05 Å². The van der Waals surface area contributed by atoms with Gasteiger partial charge in [0.1, 0.15) is 5.02 Å². The van der Waals surface area contributed by atoms with Crippen LogP contribution in [0.4, 0.5) is 11.8 Å². The zero-order valence-electron chi connectivity index (χ0n) is 11.3. The van der Waals surface area contributed by atoms with E-state index >= 15 is 0 Å². The molecule has 0 radical (unpaired) electrons. The maximum atomic E-state index is 6.22. The topological polar surface area (TPSA) is 41.1 Å². The van der Waals surface area contributed by atoms with E-state index in [1.165, 1.54) is 19.3 Å². The number of hydrogen-bond donors (Lipinski definition) is 1. The van der Waals surface area contributed by atoms with Gasteiger partial charge in [-0.15, -0.1) is 0 Å². The Morgan fingerprint density at radius 2 is 2.11 bits per heavy atom. The van der Waals surface area contributed by atoms with Gasteiger partial charge >= 0.3 is 0 Å². The largest absolute Gasteiger partial charge is 0.357 e. The Morgan fingerprint density at radius 1 is 1.33 bits per heavy atom. The SMILES string of the molecule is CNc1ncc(Cl)c(N2CCCC(C)(C)CC2)n1. The lowest BCUT2D eigenvalue weighted by atomic mass is 9.85. The molecule has 1 fully saturated rings. The van der Waals surface area contributed by atoms with Crippen molar-refractivity contribution in [2.75, 3.05) is 30.4 Å². The maximum Gasteiger partial charge on any atom is 0.224 e. The zero-order chi connectivity index (χ0) is 13.2. The fraction of sp³-hybridized carbons (Fsp3) is 0.692. The molecule has 4 nitrogen and oxygen atoms in total. The van der Waals surface area contributed by atoms with Crippen molar-refractivity contribution in [2.24, 2.45) is 5.41 Å². The third-order valence-corrected chi connectivity index (χ3v) is 3.86. The minimum absolute atomic E-state index is 0.417. The first-order valence-electron chi connectivity index (χ1n) is 6.47. The van der Waals surface area contributed by atoms with Gasteiger partial charge < -0.3 is 10.2 Å². The molecule has 0 spiro atoms. The van der Waals surface area contributed by atoms with Crippen LogP contribution in [-0.4, -0.2) is 30.1 Å². The normalized spacial score (nSPS) is 19.4. The number of nitrogens with zero attached hydrogens (tertiary/aromatic N) is 3. The molecule has 0 unspecified atom stereocenters. The summed E-state index contributed by atoms with van der Waals surface area (Å²) in [7, 11) is 1.82. The van der Waals surface area contributed by atoms with E-state index in [1.54, 1.807) is 6.20 Å². The molecule has 18 heavy (non-hydrogen) atoms. The van der Waals surface area contributed by atoms with Gasteiger partial charge in [-0.2, -0.15) is 4.98 Å². The van der Waals surface area contributed by atoms with Gasteiger partial charge in [-0.1, -0.05) is 25.4 Å². The summed E-state index contributed by atoms with van der Waals surface area (Å²) in [5.74, 6) is 1.48. The third-order valence-electron chi connectivity index (χ3n) is 3.59. The third kappa shape index (κ3) is 3.05. The summed E-state index contributed by atoms with van der Waals surface area (Å²) in [6.07, 6.45) is 5.28. The molecule has 2 rings (SSSR count). The Morgan fingerprint density at radius 3 is 2.83 bits per heavy atom. The summed E-state index contributed by atoms with van der Waals surface area (Å²) in [5.41, 5.74) is 0.417. The van der Waals surface area contributed by atoms with Crippen LogP contribution < -0.4 is 10.2 Å². The molecule has 1 aromatic heterocycles. The monoisotopic (exact) mass is 268 g/mol. The molecule has 0 aromatic carbocycles. The lowest BCUT2D eigenvalue weighted by Gasteiger charge is -2.24. The molecule has 0 aliphatic carbocycles. The Kier molecular flexibility index (Phi) is 3.95. The number of rotatable bonds is 2. The minimum atomic E-state index is 0.417. The molecule has 1 N–H and O–H groups in total. The van der Waals surface area contributed by atoms with E-state index in [2.05, 4.69) is 34.0 Å². The first-order chi connectivity index (χ1) is 8.52. The first kappa shape index (κ1) is 13.4. The van der Waals surface area contributed by atoms with Gasteiger partial charge in [0.05, 0.1) is 6.20 Å². The molecule has 100 valence electrons. The lowest BCUT2D eigenvalue weighted by molar-refractivity contribution is 0.325. The Hall–Kier alpha value is -1.03. The highest BCUT2D eigenvalue weighted by Gasteiger charge is 2.24. The molecule has 0 bridgehead atoms. The van der Waals surface area contributed by atoms with Crippen LogP contribution >= 0.6 is 11.6 Å². The predicted octanol–water partition coefficient (Wildman–Crippen LogP) is 3.19. The average Bonchev–Trinajstić information content (AvgIpc) is 2.51. The number of hydrogen-bond acceptors (Lipinski definition) is 4. The van der Waals surface area contributed by atoms with Crippen molar-refractivity contribution < 1.29 is 0 Å². The van der Waals surface area contributed by atoms with Crippen LogP contribution in [0.15, 0.2) is 6.20 Å². The van der Waals surface area contributed by atoms with Gasteiger partial charge in [-0.3, -0.25) is 0 Å². The second-order valence-electron chi connectivity index (χ2n) is 5.62. The number of nitrogens with one attached hydrogen (secondary N) is 1. The fourth-order valence-electron chi connectivity index (χ4n) is 2.34. The van der Waals surface area contributed by atoms with Crippen LogP contribution in [0.25, 0.3) is 0 Å². The Balaban J connectivity index is 2.20. The van der Waals surface area contributed by atoms with E-state index < -0.39 is 0 Å². The highest BCUT2D eigenvalue weighted by Crippen LogP contribution is 2.33. The van der Waals surface area contributed by atoms with Crippen molar-refractivity contribution in [1.82, 2.24) is 9.97 Å². The fourth-order valence-corrected chi connectivity index (χ4v) is 2.55. The summed E-state index contributed by atoms with van der Waals surface area (Å²) in [6, 6.07) is 0. The van der Waals surface area contributed by atoms with Gasteiger partial charge in [0.15, 0.2) is 5.82 Å². The van der Waals surface area contributed by atoms with Crippen LogP contribution in [0, 0.1) is 5.41 Å². The van der Waals surface area contributed by atoms with Crippen molar-refractivity contribution in [3.05, 3.63) is 11.2 Å². The van der Waals surface area contributed by atoms with Crippen molar-refractivity contribution in [1.29, 1.82) is 0 Å². The molecule has 1 aliphatic heterocycles. The molecule has 1 aliphatic rings. The average molecular weight is 269 g/mol. The van der Waals surface area contributed by atoms with E-state index in [0.717, 1.165) is 18.9 Å². The van der Waals surface area contributed by atoms with Gasteiger partial charge in [0, 0.05) is 20.1 Å². The molecule has 0 amide bonds. The second kappa shape index (κ2) is 5.31. The highest BCUT2D eigenvalue weighted by atomic mass is 35.5. The van der Waals surface area contributed by atoms with Crippen molar-refractivity contribution in [3.63, 3.8) is 0 Å². The van der Waals surface area contributed by atoms with Crippen LogP contribution in [0.2, 0.25) is 5.02 Å². The predicted molar refractivity (Wildman–Crippen MR) is 76.4 cm³/mol. The first-order valence-corrected chi connectivity index (χ1v) is 6.85. The Labute approximate surface area is 114 Å². The number of aromatic nitrogens is 2. The van der Waals surface area contributed by atoms with E-state index in [0.29, 0.717) is 16.4 Å². The van der Waals surface area contributed by atoms with Crippen LogP contribution in [0.1, 0.15) is 33.1 Å².